The molecule has 0 saturated heterocycles. The Kier molecular flexibility index (Phi) is 7.06. The molecule has 0 aromatic rings. The van der Waals surface area contributed by atoms with Crippen molar-refractivity contribution in [3.05, 3.63) is 0 Å². The van der Waals surface area contributed by atoms with Gasteiger partial charge in [0.15, 0.2) is 0 Å². The Hall–Kier alpha value is 0.230. The van der Waals surface area contributed by atoms with E-state index < -0.39 is 0 Å². The SMILES string of the molecule is CN(C)CCSCC(O)CN. The van der Waals surface area contributed by atoms with Crippen molar-refractivity contribution in [2.45, 2.75) is 6.10 Å². The molecule has 0 bridgehead atoms. The van der Waals surface area contributed by atoms with Gasteiger partial charge in [-0.15, -0.1) is 0 Å². The molecule has 11 heavy (non-hydrogen) atoms. The van der Waals surface area contributed by atoms with Gasteiger partial charge in [0, 0.05) is 24.6 Å². The second kappa shape index (κ2) is 6.91. The minimum Gasteiger partial charge on any atom is -0.391 e. The van der Waals surface area contributed by atoms with Crippen LogP contribution in [0.4, 0.5) is 0 Å². The van der Waals surface area contributed by atoms with Crippen LogP contribution in [-0.2, 0) is 0 Å². The van der Waals surface area contributed by atoms with Gasteiger partial charge in [0.1, 0.15) is 0 Å². The van der Waals surface area contributed by atoms with Crippen LogP contribution in [-0.4, -0.2) is 54.8 Å². The van der Waals surface area contributed by atoms with E-state index in [1.54, 1.807) is 11.8 Å². The number of thioether (sulfide) groups is 1. The maximum Gasteiger partial charge on any atom is 0.0752 e. The number of aliphatic hydroxyl groups is 1. The summed E-state index contributed by atoms with van der Waals surface area (Å²) >= 11 is 1.74. The monoisotopic (exact) mass is 178 g/mol. The lowest BCUT2D eigenvalue weighted by atomic mass is 10.4. The van der Waals surface area contributed by atoms with Crippen molar-refractivity contribution in [3.8, 4) is 0 Å². The molecule has 0 aromatic carbocycles. The van der Waals surface area contributed by atoms with Gasteiger partial charge < -0.3 is 15.7 Å². The molecule has 0 fully saturated rings. The van der Waals surface area contributed by atoms with Crippen molar-refractivity contribution in [1.82, 2.24) is 4.90 Å². The third kappa shape index (κ3) is 8.13. The molecular weight excluding hydrogens is 160 g/mol. The molecule has 0 spiro atoms. The fourth-order valence-corrected chi connectivity index (χ4v) is 1.60. The number of aliphatic hydroxyl groups excluding tert-OH is 1. The summed E-state index contributed by atoms with van der Waals surface area (Å²) in [6.45, 7) is 1.43. The van der Waals surface area contributed by atoms with Crippen molar-refractivity contribution in [3.63, 3.8) is 0 Å². The van der Waals surface area contributed by atoms with E-state index in [4.69, 9.17) is 10.8 Å². The molecule has 0 heterocycles. The molecule has 0 amide bonds. The van der Waals surface area contributed by atoms with Crippen LogP contribution in [0, 0.1) is 0 Å². The van der Waals surface area contributed by atoms with Crippen LogP contribution in [0.2, 0.25) is 0 Å². The van der Waals surface area contributed by atoms with E-state index in [1.165, 1.54) is 0 Å². The summed E-state index contributed by atoms with van der Waals surface area (Å²) in [6, 6.07) is 0. The van der Waals surface area contributed by atoms with Crippen molar-refractivity contribution < 1.29 is 5.11 Å². The van der Waals surface area contributed by atoms with E-state index in [-0.39, 0.29) is 6.10 Å². The fourth-order valence-electron chi connectivity index (χ4n) is 0.535. The lowest BCUT2D eigenvalue weighted by molar-refractivity contribution is 0.208. The zero-order valence-electron chi connectivity index (χ0n) is 7.29. The van der Waals surface area contributed by atoms with Crippen LogP contribution < -0.4 is 5.73 Å². The van der Waals surface area contributed by atoms with Gasteiger partial charge in [0.2, 0.25) is 0 Å². The van der Waals surface area contributed by atoms with Crippen molar-refractivity contribution >= 4 is 11.8 Å². The molecule has 0 aliphatic carbocycles. The molecule has 4 heteroatoms. The van der Waals surface area contributed by atoms with Gasteiger partial charge in [-0.05, 0) is 14.1 Å². The van der Waals surface area contributed by atoms with Crippen LogP contribution in [0.25, 0.3) is 0 Å². The number of hydrogen-bond acceptors (Lipinski definition) is 4. The van der Waals surface area contributed by atoms with Gasteiger partial charge in [-0.1, -0.05) is 0 Å². The van der Waals surface area contributed by atoms with Crippen molar-refractivity contribution in [1.29, 1.82) is 0 Å². The molecule has 3 nitrogen and oxygen atoms in total. The molecule has 0 aromatic heterocycles. The highest BCUT2D eigenvalue weighted by molar-refractivity contribution is 7.99. The van der Waals surface area contributed by atoms with Gasteiger partial charge in [0.25, 0.3) is 0 Å². The number of nitrogens with zero attached hydrogens (tertiary/aromatic N) is 1. The predicted molar refractivity (Wildman–Crippen MR) is 50.9 cm³/mol. The summed E-state index contributed by atoms with van der Waals surface area (Å²) in [5.41, 5.74) is 5.24. The first kappa shape index (κ1) is 11.2. The highest BCUT2D eigenvalue weighted by Gasteiger charge is 1.99. The van der Waals surface area contributed by atoms with Crippen LogP contribution in [0.1, 0.15) is 0 Å². The molecule has 3 N–H and O–H groups in total. The van der Waals surface area contributed by atoms with E-state index >= 15 is 0 Å². The molecular formula is C7H18N2OS. The summed E-state index contributed by atoms with van der Waals surface area (Å²) in [5, 5.41) is 9.06. The minimum atomic E-state index is -0.331. The highest BCUT2D eigenvalue weighted by Crippen LogP contribution is 2.01. The number of hydrogen-bond donors (Lipinski definition) is 2. The number of nitrogens with two attached hydrogens (primary N) is 1. The number of rotatable bonds is 6. The Bertz CT molecular complexity index is 90.5. The molecule has 68 valence electrons. The first-order valence-corrected chi connectivity index (χ1v) is 4.93. The normalized spacial score (nSPS) is 13.9. The van der Waals surface area contributed by atoms with Gasteiger partial charge in [-0.3, -0.25) is 0 Å². The summed E-state index contributed by atoms with van der Waals surface area (Å²) in [4.78, 5) is 2.13. The van der Waals surface area contributed by atoms with Crippen molar-refractivity contribution in [2.24, 2.45) is 5.73 Å². The summed E-state index contributed by atoms with van der Waals surface area (Å²) in [6.07, 6.45) is -0.331. The molecule has 0 rings (SSSR count). The second-order valence-electron chi connectivity index (χ2n) is 2.77. The predicted octanol–water partition coefficient (Wildman–Crippen LogP) is -0.399. The Morgan fingerprint density at radius 1 is 1.55 bits per heavy atom. The lowest BCUT2D eigenvalue weighted by Crippen LogP contribution is -2.23. The van der Waals surface area contributed by atoms with Gasteiger partial charge in [-0.25, -0.2) is 0 Å². The first-order valence-electron chi connectivity index (χ1n) is 3.77. The molecule has 0 radical (unpaired) electrons. The smallest absolute Gasteiger partial charge is 0.0752 e. The standard InChI is InChI=1S/C7H18N2OS/c1-9(2)3-4-11-6-7(10)5-8/h7,10H,3-6,8H2,1-2H3. The summed E-state index contributed by atoms with van der Waals surface area (Å²) in [7, 11) is 4.08. The minimum absolute atomic E-state index is 0.331. The van der Waals surface area contributed by atoms with E-state index in [2.05, 4.69) is 4.90 Å². The Morgan fingerprint density at radius 2 is 2.18 bits per heavy atom. The zero-order chi connectivity index (χ0) is 8.69. The molecule has 1 atom stereocenters. The van der Waals surface area contributed by atoms with Crippen LogP contribution in [0.5, 0.6) is 0 Å². The maximum atomic E-state index is 9.06. The third-order valence-corrected chi connectivity index (χ3v) is 2.36. The Labute approximate surface area is 72.9 Å². The first-order chi connectivity index (χ1) is 5.16. The summed E-state index contributed by atoms with van der Waals surface area (Å²) < 4.78 is 0. The average molecular weight is 178 g/mol. The molecule has 0 aliphatic heterocycles. The van der Waals surface area contributed by atoms with E-state index in [0.29, 0.717) is 6.54 Å². The zero-order valence-corrected chi connectivity index (χ0v) is 8.10. The van der Waals surface area contributed by atoms with Gasteiger partial charge in [-0.2, -0.15) is 11.8 Å². The van der Waals surface area contributed by atoms with Gasteiger partial charge >= 0.3 is 0 Å². The Morgan fingerprint density at radius 3 is 2.64 bits per heavy atom. The van der Waals surface area contributed by atoms with Crippen LogP contribution in [0.3, 0.4) is 0 Å². The lowest BCUT2D eigenvalue weighted by Gasteiger charge is -2.10. The molecule has 0 saturated carbocycles. The largest absolute Gasteiger partial charge is 0.391 e. The maximum absolute atomic E-state index is 9.06. The average Bonchev–Trinajstić information content (AvgIpc) is 1.97. The van der Waals surface area contributed by atoms with Crippen LogP contribution >= 0.6 is 11.8 Å². The Balaban J connectivity index is 3.01. The van der Waals surface area contributed by atoms with Crippen LogP contribution in [0.15, 0.2) is 0 Å². The van der Waals surface area contributed by atoms with E-state index in [0.717, 1.165) is 18.1 Å². The third-order valence-electron chi connectivity index (χ3n) is 1.27. The van der Waals surface area contributed by atoms with E-state index in [1.807, 2.05) is 14.1 Å². The van der Waals surface area contributed by atoms with E-state index in [9.17, 15) is 0 Å². The van der Waals surface area contributed by atoms with Gasteiger partial charge in [0.05, 0.1) is 6.10 Å². The molecule has 0 aliphatic rings. The quantitative estimate of drug-likeness (QED) is 0.543. The fraction of sp³-hybridized carbons (Fsp3) is 1.00. The van der Waals surface area contributed by atoms with Crippen molar-refractivity contribution in [2.75, 3.05) is 38.7 Å². The highest BCUT2D eigenvalue weighted by atomic mass is 32.2. The summed E-state index contributed by atoms with van der Waals surface area (Å²) in [5.74, 6) is 1.81. The topological polar surface area (TPSA) is 49.5 Å². The molecule has 1 unspecified atom stereocenters. The second-order valence-corrected chi connectivity index (χ2v) is 3.92.